The smallest absolute Gasteiger partial charge is 0.146 e. The number of nitrogens with zero attached hydrogens (tertiary/aromatic N) is 1. The highest BCUT2D eigenvalue weighted by molar-refractivity contribution is 5.74. The fourth-order valence-electron chi connectivity index (χ4n) is 1.50. The molecule has 0 saturated carbocycles. The molecule has 1 aromatic heterocycles. The monoisotopic (exact) mass is 228 g/mol. The first kappa shape index (κ1) is 11.3. The van der Waals surface area contributed by atoms with Crippen LogP contribution in [0, 0.1) is 12.7 Å². The highest BCUT2D eigenvalue weighted by Crippen LogP contribution is 2.20. The van der Waals surface area contributed by atoms with Crippen molar-refractivity contribution in [3.63, 3.8) is 0 Å². The lowest BCUT2D eigenvalue weighted by atomic mass is 10.2. The van der Waals surface area contributed by atoms with Crippen molar-refractivity contribution in [3.8, 4) is 0 Å². The molecule has 0 radical (unpaired) electrons. The average molecular weight is 228 g/mol. The lowest BCUT2D eigenvalue weighted by Gasteiger charge is -2.10. The molecular formula is C14H13FN2. The molecule has 0 saturated heterocycles. The Bertz CT molecular complexity index is 535. The molecule has 0 aliphatic carbocycles. The van der Waals surface area contributed by atoms with E-state index in [-0.39, 0.29) is 5.82 Å². The van der Waals surface area contributed by atoms with Gasteiger partial charge in [-0.2, -0.15) is 0 Å². The number of rotatable bonds is 3. The fraction of sp³-hybridized carbons (Fsp3) is 0.0714. The highest BCUT2D eigenvalue weighted by Gasteiger charge is 2.04. The molecular weight excluding hydrogens is 215 g/mol. The zero-order valence-corrected chi connectivity index (χ0v) is 9.57. The Kier molecular flexibility index (Phi) is 3.19. The summed E-state index contributed by atoms with van der Waals surface area (Å²) < 4.78 is 13.6. The number of hydrogen-bond donors (Lipinski definition) is 1. The van der Waals surface area contributed by atoms with Crippen molar-refractivity contribution in [1.82, 2.24) is 4.98 Å². The van der Waals surface area contributed by atoms with E-state index in [0.717, 1.165) is 11.1 Å². The highest BCUT2D eigenvalue weighted by atomic mass is 19.1. The molecule has 0 aliphatic heterocycles. The average Bonchev–Trinajstić information content (AvgIpc) is 2.34. The number of aromatic nitrogens is 1. The van der Waals surface area contributed by atoms with E-state index < -0.39 is 0 Å². The minimum absolute atomic E-state index is 0.282. The number of aryl methyl sites for hydroxylation is 1. The van der Waals surface area contributed by atoms with Crippen LogP contribution in [0.5, 0.6) is 0 Å². The fourth-order valence-corrected chi connectivity index (χ4v) is 1.50. The maximum atomic E-state index is 13.6. The van der Waals surface area contributed by atoms with Gasteiger partial charge in [-0.3, -0.25) is 4.98 Å². The molecule has 0 spiro atoms. The molecule has 0 fully saturated rings. The summed E-state index contributed by atoms with van der Waals surface area (Å²) in [6, 6.07) is 8.72. The van der Waals surface area contributed by atoms with Crippen molar-refractivity contribution in [2.45, 2.75) is 6.92 Å². The van der Waals surface area contributed by atoms with E-state index >= 15 is 0 Å². The second-order valence-electron chi connectivity index (χ2n) is 3.83. The minimum atomic E-state index is -0.282. The van der Waals surface area contributed by atoms with Crippen molar-refractivity contribution >= 4 is 11.4 Å². The van der Waals surface area contributed by atoms with E-state index in [2.05, 4.69) is 16.9 Å². The molecule has 0 aliphatic rings. The lowest BCUT2D eigenvalue weighted by Crippen LogP contribution is -2.00. The first-order chi connectivity index (χ1) is 8.16. The molecule has 0 unspecified atom stereocenters. The Morgan fingerprint density at radius 3 is 2.82 bits per heavy atom. The van der Waals surface area contributed by atoms with Crippen LogP contribution in [0.2, 0.25) is 0 Å². The third kappa shape index (κ3) is 2.69. The van der Waals surface area contributed by atoms with Gasteiger partial charge in [-0.1, -0.05) is 12.6 Å². The van der Waals surface area contributed by atoms with Gasteiger partial charge in [-0.25, -0.2) is 4.39 Å². The summed E-state index contributed by atoms with van der Waals surface area (Å²) in [7, 11) is 0. The van der Waals surface area contributed by atoms with E-state index in [1.165, 1.54) is 6.07 Å². The van der Waals surface area contributed by atoms with Crippen molar-refractivity contribution in [2.24, 2.45) is 0 Å². The molecule has 2 rings (SSSR count). The van der Waals surface area contributed by atoms with Crippen molar-refractivity contribution < 1.29 is 4.39 Å². The van der Waals surface area contributed by atoms with Crippen LogP contribution in [0.1, 0.15) is 11.1 Å². The van der Waals surface area contributed by atoms with Gasteiger partial charge in [0.2, 0.25) is 0 Å². The van der Waals surface area contributed by atoms with Gasteiger partial charge in [0.05, 0.1) is 5.69 Å². The molecule has 0 atom stereocenters. The lowest BCUT2D eigenvalue weighted by molar-refractivity contribution is 0.631. The maximum absolute atomic E-state index is 13.6. The Labute approximate surface area is 99.8 Å². The van der Waals surface area contributed by atoms with Gasteiger partial charge in [0.25, 0.3) is 0 Å². The first-order valence-electron chi connectivity index (χ1n) is 5.29. The standard InChI is InChI=1S/C14H13FN2/c1-10-5-6-14(13(15)8-10)17-11(2)12-4-3-7-16-9-12/h3-9,17H,2H2,1H3. The van der Waals surface area contributed by atoms with Gasteiger partial charge >= 0.3 is 0 Å². The number of anilines is 1. The van der Waals surface area contributed by atoms with Gasteiger partial charge < -0.3 is 5.32 Å². The molecule has 1 heterocycles. The predicted octanol–water partition coefficient (Wildman–Crippen LogP) is 3.61. The summed E-state index contributed by atoms with van der Waals surface area (Å²) >= 11 is 0. The summed E-state index contributed by atoms with van der Waals surface area (Å²) in [4.78, 5) is 3.99. The summed E-state index contributed by atoms with van der Waals surface area (Å²) in [5.41, 5.74) is 2.78. The topological polar surface area (TPSA) is 24.9 Å². The molecule has 86 valence electrons. The number of hydrogen-bond acceptors (Lipinski definition) is 2. The Hall–Kier alpha value is -2.16. The normalized spacial score (nSPS) is 10.0. The molecule has 3 heteroatoms. The van der Waals surface area contributed by atoms with Crippen LogP contribution in [0.15, 0.2) is 49.3 Å². The van der Waals surface area contributed by atoms with Crippen LogP contribution in [0.25, 0.3) is 5.70 Å². The van der Waals surface area contributed by atoms with Crippen LogP contribution in [0.3, 0.4) is 0 Å². The van der Waals surface area contributed by atoms with Crippen LogP contribution in [0.4, 0.5) is 10.1 Å². The number of pyridine rings is 1. The zero-order valence-electron chi connectivity index (χ0n) is 9.57. The predicted molar refractivity (Wildman–Crippen MR) is 68.0 cm³/mol. The summed E-state index contributed by atoms with van der Waals surface area (Å²) in [6.45, 7) is 5.72. The van der Waals surface area contributed by atoms with Crippen LogP contribution in [-0.4, -0.2) is 4.98 Å². The number of nitrogens with one attached hydrogen (secondary N) is 1. The number of halogens is 1. The molecule has 2 aromatic rings. The third-order valence-corrected chi connectivity index (χ3v) is 2.42. The van der Waals surface area contributed by atoms with Crippen LogP contribution >= 0.6 is 0 Å². The molecule has 1 aromatic carbocycles. The number of benzene rings is 1. The Morgan fingerprint density at radius 2 is 2.18 bits per heavy atom. The SMILES string of the molecule is C=C(Nc1ccc(C)cc1F)c1cccnc1. The van der Waals surface area contributed by atoms with Crippen LogP contribution < -0.4 is 5.32 Å². The second kappa shape index (κ2) is 4.78. The van der Waals surface area contributed by atoms with Crippen LogP contribution in [-0.2, 0) is 0 Å². The van der Waals surface area contributed by atoms with Gasteiger partial charge in [0, 0.05) is 23.7 Å². The summed E-state index contributed by atoms with van der Waals surface area (Å²) in [5, 5.41) is 2.94. The summed E-state index contributed by atoms with van der Waals surface area (Å²) in [6.07, 6.45) is 3.37. The van der Waals surface area contributed by atoms with Crippen molar-refractivity contribution in [2.75, 3.05) is 5.32 Å². The van der Waals surface area contributed by atoms with Gasteiger partial charge in [0.15, 0.2) is 0 Å². The minimum Gasteiger partial charge on any atom is -0.353 e. The quantitative estimate of drug-likeness (QED) is 0.868. The molecule has 0 amide bonds. The molecule has 2 nitrogen and oxygen atoms in total. The Morgan fingerprint density at radius 1 is 1.35 bits per heavy atom. The maximum Gasteiger partial charge on any atom is 0.146 e. The van der Waals surface area contributed by atoms with E-state index in [1.807, 2.05) is 25.1 Å². The van der Waals surface area contributed by atoms with E-state index in [1.54, 1.807) is 18.5 Å². The zero-order chi connectivity index (χ0) is 12.3. The van der Waals surface area contributed by atoms with Gasteiger partial charge in [-0.15, -0.1) is 0 Å². The Balaban J connectivity index is 2.19. The van der Waals surface area contributed by atoms with Gasteiger partial charge in [0.1, 0.15) is 5.82 Å². The molecule has 0 bridgehead atoms. The third-order valence-electron chi connectivity index (χ3n) is 2.42. The molecule has 1 N–H and O–H groups in total. The first-order valence-corrected chi connectivity index (χ1v) is 5.29. The van der Waals surface area contributed by atoms with Crippen molar-refractivity contribution in [1.29, 1.82) is 0 Å². The molecule has 17 heavy (non-hydrogen) atoms. The van der Waals surface area contributed by atoms with Crippen molar-refractivity contribution in [3.05, 3.63) is 66.2 Å². The second-order valence-corrected chi connectivity index (χ2v) is 3.83. The van der Waals surface area contributed by atoms with E-state index in [9.17, 15) is 4.39 Å². The van der Waals surface area contributed by atoms with E-state index in [4.69, 9.17) is 0 Å². The largest absolute Gasteiger partial charge is 0.353 e. The van der Waals surface area contributed by atoms with E-state index in [0.29, 0.717) is 11.4 Å². The summed E-state index contributed by atoms with van der Waals surface area (Å²) in [5.74, 6) is -0.282. The van der Waals surface area contributed by atoms with Gasteiger partial charge in [-0.05, 0) is 36.8 Å².